The highest BCUT2D eigenvalue weighted by Crippen LogP contribution is 2.34. The molecule has 2 aliphatic rings. The smallest absolute Gasteiger partial charge is 0.257 e. The van der Waals surface area contributed by atoms with E-state index in [1.807, 2.05) is 18.2 Å². The van der Waals surface area contributed by atoms with Gasteiger partial charge in [-0.1, -0.05) is 0 Å². The molecule has 0 saturated carbocycles. The topological polar surface area (TPSA) is 67.6 Å². The number of furan rings is 1. The van der Waals surface area contributed by atoms with Gasteiger partial charge in [0.05, 0.1) is 5.69 Å². The first-order chi connectivity index (χ1) is 14.8. The maximum Gasteiger partial charge on any atom is 0.257 e. The minimum atomic E-state index is -0.112. The van der Waals surface area contributed by atoms with E-state index in [1.54, 1.807) is 11.3 Å². The standard InChI is InChI=1S/C23H27N3O3S/c27-22(24-10-9-16-15-30-23(25-16)26-11-3-4-12-26)14-28-17-7-8-21-19(13-17)18-5-1-2-6-20(18)29-21/h7-8,13,15H,1-6,9-12,14H2,(H,24,27). The molecule has 0 unspecified atom stereocenters. The van der Waals surface area contributed by atoms with Crippen LogP contribution in [-0.4, -0.2) is 37.1 Å². The fourth-order valence-corrected chi connectivity index (χ4v) is 5.24. The summed E-state index contributed by atoms with van der Waals surface area (Å²) in [6, 6.07) is 5.83. The summed E-state index contributed by atoms with van der Waals surface area (Å²) in [7, 11) is 0. The third-order valence-electron chi connectivity index (χ3n) is 5.92. The quantitative estimate of drug-likeness (QED) is 0.617. The van der Waals surface area contributed by atoms with Crippen LogP contribution in [0, 0.1) is 0 Å². The van der Waals surface area contributed by atoms with E-state index < -0.39 is 0 Å². The molecule has 1 N–H and O–H groups in total. The lowest BCUT2D eigenvalue weighted by Crippen LogP contribution is -2.30. The van der Waals surface area contributed by atoms with E-state index in [1.165, 1.54) is 31.2 Å². The van der Waals surface area contributed by atoms with Crippen LogP contribution in [0.25, 0.3) is 11.0 Å². The number of carbonyl (C=O) groups excluding carboxylic acids is 1. The number of nitrogens with zero attached hydrogens (tertiary/aromatic N) is 2. The van der Waals surface area contributed by atoms with Crippen molar-refractivity contribution in [3.8, 4) is 5.75 Å². The molecule has 1 aliphatic carbocycles. The summed E-state index contributed by atoms with van der Waals surface area (Å²) in [4.78, 5) is 19.2. The molecule has 3 aromatic rings. The molecule has 1 fully saturated rings. The average molecular weight is 426 g/mol. The minimum Gasteiger partial charge on any atom is -0.484 e. The van der Waals surface area contributed by atoms with Crippen LogP contribution in [0.1, 0.15) is 42.7 Å². The van der Waals surface area contributed by atoms with E-state index in [0.717, 1.165) is 59.9 Å². The first-order valence-corrected chi connectivity index (χ1v) is 11.8. The molecular formula is C23H27N3O3S. The summed E-state index contributed by atoms with van der Waals surface area (Å²) >= 11 is 1.69. The Hall–Kier alpha value is -2.54. The maximum absolute atomic E-state index is 12.2. The van der Waals surface area contributed by atoms with Gasteiger partial charge in [0.2, 0.25) is 0 Å². The van der Waals surface area contributed by atoms with Crippen LogP contribution in [-0.2, 0) is 24.1 Å². The van der Waals surface area contributed by atoms with Crippen LogP contribution < -0.4 is 15.0 Å². The molecule has 2 aromatic heterocycles. The number of aryl methyl sites for hydroxylation is 2. The molecule has 1 saturated heterocycles. The molecule has 1 amide bonds. The summed E-state index contributed by atoms with van der Waals surface area (Å²) in [6.07, 6.45) is 7.71. The summed E-state index contributed by atoms with van der Waals surface area (Å²) < 4.78 is 11.7. The molecule has 0 atom stereocenters. The second-order valence-electron chi connectivity index (χ2n) is 8.07. The number of nitrogens with one attached hydrogen (secondary N) is 1. The fraction of sp³-hybridized carbons (Fsp3) is 0.478. The second-order valence-corrected chi connectivity index (χ2v) is 8.91. The zero-order valence-corrected chi connectivity index (χ0v) is 17.9. The Morgan fingerprint density at radius 1 is 1.20 bits per heavy atom. The van der Waals surface area contributed by atoms with Gasteiger partial charge in [0.25, 0.3) is 5.91 Å². The van der Waals surface area contributed by atoms with Gasteiger partial charge in [0, 0.05) is 48.8 Å². The Kier molecular flexibility index (Phi) is 5.62. The van der Waals surface area contributed by atoms with Crippen LogP contribution in [0.3, 0.4) is 0 Å². The van der Waals surface area contributed by atoms with Gasteiger partial charge in [0.1, 0.15) is 17.1 Å². The highest BCUT2D eigenvalue weighted by molar-refractivity contribution is 7.13. The number of carbonyl (C=O) groups is 1. The number of aromatic nitrogens is 1. The van der Waals surface area contributed by atoms with Gasteiger partial charge in [-0.25, -0.2) is 4.98 Å². The van der Waals surface area contributed by atoms with Crippen LogP contribution in [0.15, 0.2) is 28.0 Å². The lowest BCUT2D eigenvalue weighted by Gasteiger charge is -2.12. The fourth-order valence-electron chi connectivity index (χ4n) is 4.33. The van der Waals surface area contributed by atoms with Crippen molar-refractivity contribution in [1.82, 2.24) is 10.3 Å². The zero-order valence-electron chi connectivity index (χ0n) is 17.1. The number of rotatable bonds is 7. The first kappa shape index (κ1) is 19.4. The second kappa shape index (κ2) is 8.68. The minimum absolute atomic E-state index is 0.0155. The van der Waals surface area contributed by atoms with Crippen LogP contribution in [0.5, 0.6) is 5.75 Å². The summed E-state index contributed by atoms with van der Waals surface area (Å²) in [5.41, 5.74) is 3.26. The van der Waals surface area contributed by atoms with Crippen molar-refractivity contribution in [1.29, 1.82) is 0 Å². The summed E-state index contributed by atoms with van der Waals surface area (Å²) in [5, 5.41) is 7.26. The summed E-state index contributed by atoms with van der Waals surface area (Å²) in [6.45, 7) is 2.80. The number of anilines is 1. The van der Waals surface area contributed by atoms with Gasteiger partial charge in [-0.2, -0.15) is 0 Å². The number of thiazole rings is 1. The van der Waals surface area contributed by atoms with Crippen molar-refractivity contribution in [3.05, 3.63) is 40.6 Å². The molecule has 0 bridgehead atoms. The summed E-state index contributed by atoms with van der Waals surface area (Å²) in [5.74, 6) is 1.71. The van der Waals surface area contributed by atoms with E-state index in [4.69, 9.17) is 14.1 Å². The number of ether oxygens (including phenoxy) is 1. The Labute approximate surface area is 180 Å². The SMILES string of the molecule is O=C(COc1ccc2oc3c(c2c1)CCCC3)NCCc1csc(N2CCCC2)n1. The number of benzene rings is 1. The number of fused-ring (bicyclic) bond motifs is 3. The van der Waals surface area contributed by atoms with Crippen LogP contribution >= 0.6 is 11.3 Å². The molecule has 1 aliphatic heterocycles. The third-order valence-corrected chi connectivity index (χ3v) is 6.87. The van der Waals surface area contributed by atoms with Crippen LogP contribution in [0.4, 0.5) is 5.13 Å². The van der Waals surface area contributed by atoms with Gasteiger partial charge in [-0.3, -0.25) is 4.79 Å². The van der Waals surface area contributed by atoms with Gasteiger partial charge in [-0.05, 0) is 50.3 Å². The Bertz CT molecular complexity index is 1040. The van der Waals surface area contributed by atoms with Crippen molar-refractivity contribution in [2.75, 3.05) is 31.1 Å². The molecule has 0 radical (unpaired) electrons. The lowest BCUT2D eigenvalue weighted by molar-refractivity contribution is -0.123. The first-order valence-electron chi connectivity index (χ1n) is 10.9. The van der Waals surface area contributed by atoms with Gasteiger partial charge in [-0.15, -0.1) is 11.3 Å². The highest BCUT2D eigenvalue weighted by atomic mass is 32.1. The number of hydrogen-bond acceptors (Lipinski definition) is 6. The molecule has 158 valence electrons. The van der Waals surface area contributed by atoms with Crippen molar-refractivity contribution in [2.24, 2.45) is 0 Å². The number of amides is 1. The molecule has 6 nitrogen and oxygen atoms in total. The maximum atomic E-state index is 12.2. The predicted octanol–water partition coefficient (Wildman–Crippen LogP) is 4.11. The molecule has 7 heteroatoms. The lowest BCUT2D eigenvalue weighted by atomic mass is 9.96. The zero-order chi connectivity index (χ0) is 20.3. The Morgan fingerprint density at radius 2 is 2.07 bits per heavy atom. The van der Waals surface area contributed by atoms with E-state index in [-0.39, 0.29) is 12.5 Å². The van der Waals surface area contributed by atoms with E-state index in [9.17, 15) is 4.79 Å². The normalized spacial score (nSPS) is 16.1. The molecule has 5 rings (SSSR count). The molecular weight excluding hydrogens is 398 g/mol. The largest absolute Gasteiger partial charge is 0.484 e. The Balaban J connectivity index is 1.10. The molecule has 1 aromatic carbocycles. The van der Waals surface area contributed by atoms with Gasteiger partial charge < -0.3 is 19.4 Å². The monoisotopic (exact) mass is 425 g/mol. The van der Waals surface area contributed by atoms with Gasteiger partial charge >= 0.3 is 0 Å². The van der Waals surface area contributed by atoms with Crippen molar-refractivity contribution in [3.63, 3.8) is 0 Å². The van der Waals surface area contributed by atoms with Crippen LogP contribution in [0.2, 0.25) is 0 Å². The molecule has 0 spiro atoms. The average Bonchev–Trinajstić information content (AvgIpc) is 3.51. The molecule has 30 heavy (non-hydrogen) atoms. The van der Waals surface area contributed by atoms with E-state index in [2.05, 4.69) is 15.6 Å². The predicted molar refractivity (Wildman–Crippen MR) is 119 cm³/mol. The highest BCUT2D eigenvalue weighted by Gasteiger charge is 2.18. The number of hydrogen-bond donors (Lipinski definition) is 1. The van der Waals surface area contributed by atoms with Gasteiger partial charge in [0.15, 0.2) is 11.7 Å². The van der Waals surface area contributed by atoms with E-state index >= 15 is 0 Å². The van der Waals surface area contributed by atoms with Crippen molar-refractivity contribution >= 4 is 33.3 Å². The Morgan fingerprint density at radius 3 is 2.97 bits per heavy atom. The van der Waals surface area contributed by atoms with Crippen molar-refractivity contribution in [2.45, 2.75) is 44.9 Å². The third kappa shape index (κ3) is 4.17. The molecule has 3 heterocycles. The van der Waals surface area contributed by atoms with E-state index in [0.29, 0.717) is 12.3 Å². The van der Waals surface area contributed by atoms with Crippen molar-refractivity contribution < 1.29 is 13.9 Å².